The van der Waals surface area contributed by atoms with Crippen molar-refractivity contribution in [2.45, 2.75) is 20.3 Å². The first-order chi connectivity index (χ1) is 9.22. The van der Waals surface area contributed by atoms with E-state index in [1.807, 2.05) is 50.3 Å². The summed E-state index contributed by atoms with van der Waals surface area (Å²) in [6.07, 6.45) is 4.67. The van der Waals surface area contributed by atoms with Gasteiger partial charge < -0.3 is 10.5 Å². The number of nitrogens with zero attached hydrogens (tertiary/aromatic N) is 2. The number of allylic oxidation sites excluding steroid dienone is 1. The summed E-state index contributed by atoms with van der Waals surface area (Å²) in [5, 5.41) is 0. The number of rotatable bonds is 4. The number of nitrogens with two attached hydrogens (primary N) is 1. The lowest BCUT2D eigenvalue weighted by molar-refractivity contribution is 0.458. The van der Waals surface area contributed by atoms with Crippen LogP contribution in [-0.4, -0.2) is 9.97 Å². The van der Waals surface area contributed by atoms with Crippen LogP contribution in [0.5, 0.6) is 11.6 Å². The van der Waals surface area contributed by atoms with E-state index in [-0.39, 0.29) is 0 Å². The van der Waals surface area contributed by atoms with Gasteiger partial charge in [0.15, 0.2) is 0 Å². The van der Waals surface area contributed by atoms with Gasteiger partial charge in [-0.3, -0.25) is 0 Å². The van der Waals surface area contributed by atoms with Gasteiger partial charge >= 0.3 is 0 Å². The lowest BCUT2D eigenvalue weighted by Gasteiger charge is -2.09. The molecular weight excluding hydrogens is 238 g/mol. The second-order valence-corrected chi connectivity index (χ2v) is 4.04. The Morgan fingerprint density at radius 1 is 1.26 bits per heavy atom. The maximum atomic E-state index is 5.80. The van der Waals surface area contributed by atoms with Crippen LogP contribution in [0.3, 0.4) is 0 Å². The molecule has 0 unspecified atom stereocenters. The van der Waals surface area contributed by atoms with Gasteiger partial charge in [-0.15, -0.1) is 0 Å². The summed E-state index contributed by atoms with van der Waals surface area (Å²) in [6, 6.07) is 9.41. The summed E-state index contributed by atoms with van der Waals surface area (Å²) in [7, 11) is 0. The fourth-order valence-electron chi connectivity index (χ4n) is 1.71. The smallest absolute Gasteiger partial charge is 0.224 e. The molecule has 4 heteroatoms. The molecule has 0 amide bonds. The van der Waals surface area contributed by atoms with Gasteiger partial charge in [-0.2, -0.15) is 4.98 Å². The van der Waals surface area contributed by atoms with Crippen LogP contribution in [0, 0.1) is 0 Å². The normalized spacial score (nSPS) is 10.8. The maximum Gasteiger partial charge on any atom is 0.224 e. The van der Waals surface area contributed by atoms with E-state index in [0.29, 0.717) is 17.5 Å². The number of hydrogen-bond acceptors (Lipinski definition) is 4. The molecule has 0 fully saturated rings. The van der Waals surface area contributed by atoms with Crippen molar-refractivity contribution in [2.24, 2.45) is 0 Å². The summed E-state index contributed by atoms with van der Waals surface area (Å²) in [5.74, 6) is 2.32. The molecule has 0 spiro atoms. The average molecular weight is 255 g/mol. The van der Waals surface area contributed by atoms with E-state index in [1.54, 1.807) is 6.07 Å². The molecule has 0 radical (unpaired) electrons. The van der Waals surface area contributed by atoms with Crippen LogP contribution in [0.25, 0.3) is 6.08 Å². The number of aryl methyl sites for hydroxylation is 1. The minimum atomic E-state index is 0.422. The molecule has 98 valence electrons. The van der Waals surface area contributed by atoms with Gasteiger partial charge in [0, 0.05) is 18.1 Å². The molecule has 0 atom stereocenters. The predicted octanol–water partition coefficient (Wildman–Crippen LogP) is 3.45. The van der Waals surface area contributed by atoms with Crippen LogP contribution in [0.1, 0.15) is 25.2 Å². The molecule has 0 bridgehead atoms. The number of anilines is 1. The molecule has 4 nitrogen and oxygen atoms in total. The van der Waals surface area contributed by atoms with Gasteiger partial charge in [-0.05, 0) is 13.0 Å². The molecular formula is C15H17N3O. The number of nitrogen functional groups attached to an aromatic ring is 1. The van der Waals surface area contributed by atoms with E-state index in [0.717, 1.165) is 17.7 Å². The van der Waals surface area contributed by atoms with Gasteiger partial charge in [0.1, 0.15) is 17.4 Å². The highest BCUT2D eigenvalue weighted by Gasteiger charge is 2.06. The van der Waals surface area contributed by atoms with Crippen molar-refractivity contribution in [3.05, 3.63) is 47.8 Å². The zero-order chi connectivity index (χ0) is 13.7. The fourth-order valence-corrected chi connectivity index (χ4v) is 1.71. The first-order valence-electron chi connectivity index (χ1n) is 6.26. The van der Waals surface area contributed by atoms with Crippen LogP contribution < -0.4 is 10.5 Å². The highest BCUT2D eigenvalue weighted by atomic mass is 16.5. The van der Waals surface area contributed by atoms with Crippen molar-refractivity contribution >= 4 is 11.9 Å². The maximum absolute atomic E-state index is 5.80. The second-order valence-electron chi connectivity index (χ2n) is 4.04. The summed E-state index contributed by atoms with van der Waals surface area (Å²) < 4.78 is 5.80. The Bertz CT molecular complexity index is 594. The van der Waals surface area contributed by atoms with Gasteiger partial charge in [-0.25, -0.2) is 4.98 Å². The molecule has 2 aromatic rings. The van der Waals surface area contributed by atoms with Gasteiger partial charge in [0.05, 0.1) is 0 Å². The van der Waals surface area contributed by atoms with E-state index in [9.17, 15) is 0 Å². The Hall–Kier alpha value is -2.36. The zero-order valence-electron chi connectivity index (χ0n) is 11.1. The molecule has 0 aliphatic heterocycles. The summed E-state index contributed by atoms with van der Waals surface area (Å²) in [5.41, 5.74) is 6.74. The number of benzene rings is 1. The van der Waals surface area contributed by atoms with Crippen molar-refractivity contribution in [3.63, 3.8) is 0 Å². The Balaban J connectivity index is 2.33. The average Bonchev–Trinajstić information content (AvgIpc) is 2.40. The van der Waals surface area contributed by atoms with E-state index in [2.05, 4.69) is 9.97 Å². The number of aromatic nitrogens is 2. The van der Waals surface area contributed by atoms with Gasteiger partial charge in [0.2, 0.25) is 5.88 Å². The van der Waals surface area contributed by atoms with Crippen LogP contribution in [0.15, 0.2) is 36.4 Å². The number of para-hydroxylation sites is 1. The number of hydrogen-bond donors (Lipinski definition) is 1. The van der Waals surface area contributed by atoms with Crippen LogP contribution in [-0.2, 0) is 6.42 Å². The topological polar surface area (TPSA) is 61.0 Å². The first-order valence-corrected chi connectivity index (χ1v) is 6.26. The van der Waals surface area contributed by atoms with Gasteiger partial charge in [-0.1, -0.05) is 37.3 Å². The largest absolute Gasteiger partial charge is 0.438 e. The van der Waals surface area contributed by atoms with Crippen LogP contribution in [0.2, 0.25) is 0 Å². The lowest BCUT2D eigenvalue weighted by Crippen LogP contribution is -2.00. The Morgan fingerprint density at radius 2 is 2.05 bits per heavy atom. The minimum absolute atomic E-state index is 0.422. The second kappa shape index (κ2) is 6.00. The van der Waals surface area contributed by atoms with E-state index >= 15 is 0 Å². The molecule has 19 heavy (non-hydrogen) atoms. The molecule has 0 aliphatic rings. The third kappa shape index (κ3) is 3.31. The molecule has 1 aromatic heterocycles. The van der Waals surface area contributed by atoms with Crippen molar-refractivity contribution in [3.8, 4) is 11.6 Å². The van der Waals surface area contributed by atoms with Crippen LogP contribution >= 0.6 is 0 Å². The lowest BCUT2D eigenvalue weighted by atomic mass is 10.2. The fraction of sp³-hybridized carbons (Fsp3) is 0.200. The third-order valence-corrected chi connectivity index (χ3v) is 2.56. The molecule has 2 rings (SSSR count). The van der Waals surface area contributed by atoms with Crippen LogP contribution in [0.4, 0.5) is 5.82 Å². The van der Waals surface area contributed by atoms with E-state index in [1.165, 1.54) is 0 Å². The molecule has 2 N–H and O–H groups in total. The van der Waals surface area contributed by atoms with E-state index < -0.39 is 0 Å². The third-order valence-electron chi connectivity index (χ3n) is 2.56. The Kier molecular flexibility index (Phi) is 4.13. The van der Waals surface area contributed by atoms with Crippen molar-refractivity contribution in [1.29, 1.82) is 0 Å². The summed E-state index contributed by atoms with van der Waals surface area (Å²) >= 11 is 0. The zero-order valence-corrected chi connectivity index (χ0v) is 11.1. The summed E-state index contributed by atoms with van der Waals surface area (Å²) in [6.45, 7) is 3.95. The van der Waals surface area contributed by atoms with Crippen molar-refractivity contribution in [2.75, 3.05) is 5.73 Å². The highest BCUT2D eigenvalue weighted by Crippen LogP contribution is 2.25. The van der Waals surface area contributed by atoms with Gasteiger partial charge in [0.25, 0.3) is 0 Å². The Labute approximate surface area is 113 Å². The predicted molar refractivity (Wildman–Crippen MR) is 77.0 cm³/mol. The Morgan fingerprint density at radius 3 is 2.79 bits per heavy atom. The molecule has 0 saturated carbocycles. The monoisotopic (exact) mass is 255 g/mol. The number of ether oxygens (including phenoxy) is 1. The first kappa shape index (κ1) is 13.1. The molecule has 1 aromatic carbocycles. The highest BCUT2D eigenvalue weighted by molar-refractivity contribution is 5.57. The molecule has 0 aliphatic carbocycles. The van der Waals surface area contributed by atoms with E-state index in [4.69, 9.17) is 10.5 Å². The van der Waals surface area contributed by atoms with Crippen molar-refractivity contribution in [1.82, 2.24) is 9.97 Å². The minimum Gasteiger partial charge on any atom is -0.438 e. The molecule has 0 saturated heterocycles. The standard InChI is InChI=1S/C15H17N3O/c1-3-7-11-8-5-6-9-12(11)19-15-10-13(16)17-14(4-2)18-15/h3,5-10H,4H2,1-2H3,(H2,16,17,18)/b7-3+. The quantitative estimate of drug-likeness (QED) is 0.909. The van der Waals surface area contributed by atoms with Crippen molar-refractivity contribution < 1.29 is 4.74 Å². The SMILES string of the molecule is C/C=C/c1ccccc1Oc1cc(N)nc(CC)n1. The molecule has 1 heterocycles. The summed E-state index contributed by atoms with van der Waals surface area (Å²) in [4.78, 5) is 8.44.